The summed E-state index contributed by atoms with van der Waals surface area (Å²) in [5.74, 6) is 1.50. The molecule has 1 saturated carbocycles. The summed E-state index contributed by atoms with van der Waals surface area (Å²) in [6.07, 6.45) is 6.63. The Hall–Kier alpha value is -1.55. The minimum Gasteiger partial charge on any atom is -0.441 e. The fourth-order valence-corrected chi connectivity index (χ4v) is 4.07. The van der Waals surface area contributed by atoms with Crippen molar-refractivity contribution in [3.8, 4) is 0 Å². The number of oxazole rings is 1. The minimum atomic E-state index is 0.589. The van der Waals surface area contributed by atoms with E-state index in [1.807, 2.05) is 13.0 Å². The van der Waals surface area contributed by atoms with Crippen LogP contribution in [0.3, 0.4) is 0 Å². The predicted octanol–water partition coefficient (Wildman–Crippen LogP) is 3.47. The normalized spacial score (nSPS) is 29.3. The molecule has 0 amide bonds. The Balaban J connectivity index is 1.52. The van der Waals surface area contributed by atoms with E-state index in [0.29, 0.717) is 12.1 Å². The van der Waals surface area contributed by atoms with Gasteiger partial charge in [0.2, 0.25) is 0 Å². The highest BCUT2D eigenvalue weighted by Gasteiger charge is 2.34. The fourth-order valence-electron chi connectivity index (χ4n) is 4.07. The SMILES string of the molecule is Cc1nc2cc(NC3CCCC3C3CCCN3)ccc2o1. The third kappa shape index (κ3) is 2.53. The highest BCUT2D eigenvalue weighted by atomic mass is 16.3. The van der Waals surface area contributed by atoms with E-state index in [1.165, 1.54) is 44.3 Å². The van der Waals surface area contributed by atoms with Crippen LogP contribution in [0.2, 0.25) is 0 Å². The van der Waals surface area contributed by atoms with E-state index in [4.69, 9.17) is 4.42 Å². The van der Waals surface area contributed by atoms with E-state index in [9.17, 15) is 0 Å². The molecule has 3 atom stereocenters. The highest BCUT2D eigenvalue weighted by Crippen LogP contribution is 2.34. The van der Waals surface area contributed by atoms with Gasteiger partial charge in [-0.15, -0.1) is 0 Å². The van der Waals surface area contributed by atoms with Crippen LogP contribution in [0.15, 0.2) is 22.6 Å². The number of benzene rings is 1. The monoisotopic (exact) mass is 285 g/mol. The van der Waals surface area contributed by atoms with Gasteiger partial charge in [0.1, 0.15) is 5.52 Å². The summed E-state index contributed by atoms with van der Waals surface area (Å²) in [5.41, 5.74) is 3.00. The van der Waals surface area contributed by atoms with Gasteiger partial charge in [-0.25, -0.2) is 4.98 Å². The van der Waals surface area contributed by atoms with E-state index in [0.717, 1.165) is 22.9 Å². The third-order valence-electron chi connectivity index (χ3n) is 5.03. The molecule has 1 saturated heterocycles. The molecular formula is C17H23N3O. The molecule has 0 spiro atoms. The second-order valence-electron chi connectivity index (χ2n) is 6.46. The van der Waals surface area contributed by atoms with Crippen LogP contribution in [0.25, 0.3) is 11.1 Å². The number of fused-ring (bicyclic) bond motifs is 1. The number of hydrogen-bond acceptors (Lipinski definition) is 4. The number of hydrogen-bond donors (Lipinski definition) is 2. The lowest BCUT2D eigenvalue weighted by Crippen LogP contribution is -2.38. The van der Waals surface area contributed by atoms with E-state index in [2.05, 4.69) is 27.8 Å². The number of anilines is 1. The van der Waals surface area contributed by atoms with Gasteiger partial charge in [-0.05, 0) is 56.3 Å². The summed E-state index contributed by atoms with van der Waals surface area (Å²) in [6, 6.07) is 7.55. The first-order valence-corrected chi connectivity index (χ1v) is 8.17. The zero-order chi connectivity index (χ0) is 14.2. The van der Waals surface area contributed by atoms with Crippen molar-refractivity contribution in [2.45, 2.75) is 51.1 Å². The maximum atomic E-state index is 5.55. The third-order valence-corrected chi connectivity index (χ3v) is 5.03. The first-order valence-electron chi connectivity index (χ1n) is 8.17. The number of rotatable bonds is 3. The molecule has 2 heterocycles. The topological polar surface area (TPSA) is 50.1 Å². The van der Waals surface area contributed by atoms with Gasteiger partial charge in [0.25, 0.3) is 0 Å². The Morgan fingerprint density at radius 2 is 2.19 bits per heavy atom. The van der Waals surface area contributed by atoms with Gasteiger partial charge in [0.15, 0.2) is 11.5 Å². The Morgan fingerprint density at radius 3 is 3.05 bits per heavy atom. The molecule has 1 aromatic carbocycles. The molecule has 0 radical (unpaired) electrons. The van der Waals surface area contributed by atoms with Crippen molar-refractivity contribution < 1.29 is 4.42 Å². The standard InChI is InChI=1S/C17H23N3O/c1-11-19-16-10-12(7-8-17(16)21-11)20-15-5-2-4-13(15)14-6-3-9-18-14/h7-8,10,13-15,18,20H,2-6,9H2,1H3. The molecular weight excluding hydrogens is 262 g/mol. The van der Waals surface area contributed by atoms with Crippen molar-refractivity contribution in [2.75, 3.05) is 11.9 Å². The summed E-state index contributed by atoms with van der Waals surface area (Å²) in [5, 5.41) is 7.43. The van der Waals surface area contributed by atoms with Crippen LogP contribution in [0.5, 0.6) is 0 Å². The summed E-state index contributed by atoms with van der Waals surface area (Å²) < 4.78 is 5.55. The highest BCUT2D eigenvalue weighted by molar-refractivity contribution is 5.77. The summed E-state index contributed by atoms with van der Waals surface area (Å²) >= 11 is 0. The molecule has 2 aromatic rings. The molecule has 1 aliphatic heterocycles. The largest absolute Gasteiger partial charge is 0.441 e. The van der Waals surface area contributed by atoms with Crippen LogP contribution >= 0.6 is 0 Å². The van der Waals surface area contributed by atoms with Gasteiger partial charge in [0.05, 0.1) is 0 Å². The lowest BCUT2D eigenvalue weighted by molar-refractivity contribution is 0.376. The van der Waals surface area contributed by atoms with Crippen LogP contribution < -0.4 is 10.6 Å². The Bertz CT molecular complexity index is 630. The molecule has 4 rings (SSSR count). The molecule has 1 aliphatic carbocycles. The van der Waals surface area contributed by atoms with Crippen molar-refractivity contribution in [3.63, 3.8) is 0 Å². The maximum absolute atomic E-state index is 5.55. The van der Waals surface area contributed by atoms with Gasteiger partial charge in [-0.1, -0.05) is 6.42 Å². The number of nitrogens with one attached hydrogen (secondary N) is 2. The zero-order valence-electron chi connectivity index (χ0n) is 12.6. The molecule has 1 aromatic heterocycles. The van der Waals surface area contributed by atoms with Gasteiger partial charge >= 0.3 is 0 Å². The van der Waals surface area contributed by atoms with Gasteiger partial charge < -0.3 is 15.1 Å². The van der Waals surface area contributed by atoms with Crippen molar-refractivity contribution in [1.82, 2.24) is 10.3 Å². The number of nitrogens with zero attached hydrogens (tertiary/aromatic N) is 1. The first kappa shape index (κ1) is 13.1. The van der Waals surface area contributed by atoms with Crippen LogP contribution in [0.4, 0.5) is 5.69 Å². The average molecular weight is 285 g/mol. The van der Waals surface area contributed by atoms with E-state index >= 15 is 0 Å². The first-order chi connectivity index (χ1) is 10.3. The van der Waals surface area contributed by atoms with Gasteiger partial charge in [-0.2, -0.15) is 0 Å². The van der Waals surface area contributed by atoms with Crippen molar-refractivity contribution in [2.24, 2.45) is 5.92 Å². The Labute approximate surface area is 125 Å². The number of aryl methyl sites for hydroxylation is 1. The second kappa shape index (κ2) is 5.34. The van der Waals surface area contributed by atoms with Crippen molar-refractivity contribution in [1.29, 1.82) is 0 Å². The lowest BCUT2D eigenvalue weighted by Gasteiger charge is -2.27. The Kier molecular flexibility index (Phi) is 3.34. The fraction of sp³-hybridized carbons (Fsp3) is 0.588. The van der Waals surface area contributed by atoms with E-state index < -0.39 is 0 Å². The van der Waals surface area contributed by atoms with E-state index in [1.54, 1.807) is 0 Å². The van der Waals surface area contributed by atoms with Crippen molar-refractivity contribution >= 4 is 16.8 Å². The molecule has 4 heteroatoms. The van der Waals surface area contributed by atoms with Crippen LogP contribution in [-0.2, 0) is 0 Å². The summed E-state index contributed by atoms with van der Waals surface area (Å²) in [7, 11) is 0. The summed E-state index contributed by atoms with van der Waals surface area (Å²) in [4.78, 5) is 4.43. The van der Waals surface area contributed by atoms with Crippen molar-refractivity contribution in [3.05, 3.63) is 24.1 Å². The maximum Gasteiger partial charge on any atom is 0.192 e. The number of aromatic nitrogens is 1. The molecule has 4 nitrogen and oxygen atoms in total. The second-order valence-corrected chi connectivity index (χ2v) is 6.46. The van der Waals surface area contributed by atoms with Gasteiger partial charge in [-0.3, -0.25) is 0 Å². The average Bonchev–Trinajstić information content (AvgIpc) is 3.16. The molecule has 2 aliphatic rings. The molecule has 0 bridgehead atoms. The minimum absolute atomic E-state index is 0.589. The Morgan fingerprint density at radius 1 is 1.24 bits per heavy atom. The molecule has 112 valence electrons. The predicted molar refractivity (Wildman–Crippen MR) is 84.5 cm³/mol. The molecule has 3 unspecified atom stereocenters. The smallest absolute Gasteiger partial charge is 0.192 e. The van der Waals surface area contributed by atoms with E-state index in [-0.39, 0.29) is 0 Å². The van der Waals surface area contributed by atoms with Crippen LogP contribution in [0, 0.1) is 12.8 Å². The molecule has 21 heavy (non-hydrogen) atoms. The quantitative estimate of drug-likeness (QED) is 0.906. The molecule has 2 N–H and O–H groups in total. The zero-order valence-corrected chi connectivity index (χ0v) is 12.6. The van der Waals surface area contributed by atoms with Crippen LogP contribution in [-0.4, -0.2) is 23.6 Å². The summed E-state index contributed by atoms with van der Waals surface area (Å²) in [6.45, 7) is 3.09. The van der Waals surface area contributed by atoms with Gasteiger partial charge in [0, 0.05) is 24.7 Å². The molecule has 2 fully saturated rings. The lowest BCUT2D eigenvalue weighted by atomic mass is 9.93. The van der Waals surface area contributed by atoms with Crippen LogP contribution in [0.1, 0.15) is 38.0 Å².